The molecule has 1 atom stereocenters. The van der Waals surface area contributed by atoms with E-state index in [-0.39, 0.29) is 6.42 Å². The van der Waals surface area contributed by atoms with Crippen molar-refractivity contribution >= 4 is 0 Å². The lowest BCUT2D eigenvalue weighted by atomic mass is 10.00. The van der Waals surface area contributed by atoms with Crippen molar-refractivity contribution in [2.75, 3.05) is 0 Å². The third-order valence-corrected chi connectivity index (χ3v) is 2.39. The lowest BCUT2D eigenvalue weighted by Gasteiger charge is -2.12. The van der Waals surface area contributed by atoms with Crippen LogP contribution in [0.5, 0.6) is 0 Å². The topological polar surface area (TPSA) is 26.0 Å². The average molecular weight is 199 g/mol. The van der Waals surface area contributed by atoms with E-state index in [1.807, 2.05) is 32.0 Å². The van der Waals surface area contributed by atoms with Gasteiger partial charge in [0.2, 0.25) is 6.43 Å². The molecule has 0 saturated carbocycles. The van der Waals surface area contributed by atoms with Crippen LogP contribution >= 0.6 is 0 Å². The van der Waals surface area contributed by atoms with Crippen LogP contribution in [0.4, 0.5) is 8.78 Å². The molecule has 2 N–H and O–H groups in total. The van der Waals surface area contributed by atoms with Crippen LogP contribution in [0.25, 0.3) is 0 Å². The van der Waals surface area contributed by atoms with Gasteiger partial charge in [0.05, 0.1) is 0 Å². The molecule has 0 aliphatic carbocycles. The first-order chi connectivity index (χ1) is 6.50. The molecule has 1 aromatic carbocycles. The lowest BCUT2D eigenvalue weighted by molar-refractivity contribution is 0.128. The molecule has 0 saturated heterocycles. The average Bonchev–Trinajstić information content (AvgIpc) is 2.08. The highest BCUT2D eigenvalue weighted by atomic mass is 19.3. The molecule has 0 unspecified atom stereocenters. The van der Waals surface area contributed by atoms with Gasteiger partial charge in [-0.15, -0.1) is 0 Å². The Morgan fingerprint density at radius 2 is 1.86 bits per heavy atom. The van der Waals surface area contributed by atoms with Gasteiger partial charge in [-0.3, -0.25) is 0 Å². The Morgan fingerprint density at radius 1 is 1.21 bits per heavy atom. The smallest absolute Gasteiger partial charge is 0.240 e. The summed E-state index contributed by atoms with van der Waals surface area (Å²) in [5.74, 6) is 0. The molecule has 0 radical (unpaired) electrons. The van der Waals surface area contributed by atoms with Gasteiger partial charge in [-0.25, -0.2) is 8.78 Å². The summed E-state index contributed by atoms with van der Waals surface area (Å²) in [5.41, 5.74) is 8.66. The van der Waals surface area contributed by atoms with Crippen molar-refractivity contribution in [2.24, 2.45) is 5.73 Å². The number of benzene rings is 1. The molecule has 0 aromatic heterocycles. The van der Waals surface area contributed by atoms with Crippen LogP contribution in [0.2, 0.25) is 0 Å². The van der Waals surface area contributed by atoms with Crippen LogP contribution in [0.15, 0.2) is 18.2 Å². The number of alkyl halides is 2. The summed E-state index contributed by atoms with van der Waals surface area (Å²) in [6, 6.07) is 5.04. The van der Waals surface area contributed by atoms with Crippen molar-refractivity contribution in [2.45, 2.75) is 32.7 Å². The first kappa shape index (κ1) is 11.1. The monoisotopic (exact) mass is 199 g/mol. The minimum Gasteiger partial charge on any atom is -0.324 e. The van der Waals surface area contributed by atoms with Gasteiger partial charge in [0, 0.05) is 12.5 Å². The van der Waals surface area contributed by atoms with E-state index in [1.165, 1.54) is 0 Å². The minimum atomic E-state index is -2.34. The molecule has 0 fully saturated rings. The van der Waals surface area contributed by atoms with E-state index in [0.29, 0.717) is 0 Å². The Labute approximate surface area is 82.9 Å². The maximum Gasteiger partial charge on any atom is 0.240 e. The molecule has 0 bridgehead atoms. The fourth-order valence-electron chi connectivity index (χ4n) is 1.32. The fraction of sp³-hybridized carbons (Fsp3) is 0.455. The van der Waals surface area contributed by atoms with E-state index in [9.17, 15) is 8.78 Å². The Bertz CT molecular complexity index is 310. The molecule has 0 spiro atoms. The quantitative estimate of drug-likeness (QED) is 0.795. The van der Waals surface area contributed by atoms with Gasteiger partial charge >= 0.3 is 0 Å². The molecular formula is C11H15F2N. The third-order valence-electron chi connectivity index (χ3n) is 2.39. The molecule has 78 valence electrons. The highest BCUT2D eigenvalue weighted by Gasteiger charge is 2.12. The normalized spacial score (nSPS) is 13.3. The van der Waals surface area contributed by atoms with Gasteiger partial charge in [-0.1, -0.05) is 18.2 Å². The third kappa shape index (κ3) is 2.77. The van der Waals surface area contributed by atoms with Crippen LogP contribution in [0.3, 0.4) is 0 Å². The maximum atomic E-state index is 12.1. The first-order valence-corrected chi connectivity index (χ1v) is 4.61. The number of rotatable bonds is 3. The second-order valence-corrected chi connectivity index (χ2v) is 3.58. The zero-order valence-corrected chi connectivity index (χ0v) is 8.43. The number of aryl methyl sites for hydroxylation is 2. The zero-order valence-electron chi connectivity index (χ0n) is 8.43. The van der Waals surface area contributed by atoms with E-state index in [1.54, 1.807) is 0 Å². The van der Waals surface area contributed by atoms with E-state index >= 15 is 0 Å². The Kier molecular flexibility index (Phi) is 3.58. The summed E-state index contributed by atoms with van der Waals surface area (Å²) in [7, 11) is 0. The summed E-state index contributed by atoms with van der Waals surface area (Å²) < 4.78 is 24.1. The molecule has 1 nitrogen and oxygen atoms in total. The lowest BCUT2D eigenvalue weighted by Crippen LogP contribution is -2.14. The Morgan fingerprint density at radius 3 is 2.36 bits per heavy atom. The van der Waals surface area contributed by atoms with Crippen molar-refractivity contribution in [3.63, 3.8) is 0 Å². The van der Waals surface area contributed by atoms with Gasteiger partial charge in [-0.05, 0) is 30.5 Å². The van der Waals surface area contributed by atoms with Crippen LogP contribution in [-0.2, 0) is 0 Å². The number of hydrogen-bond acceptors (Lipinski definition) is 1. The number of hydrogen-bond donors (Lipinski definition) is 1. The van der Waals surface area contributed by atoms with Crippen molar-refractivity contribution in [1.82, 2.24) is 0 Å². The van der Waals surface area contributed by atoms with Crippen LogP contribution in [-0.4, -0.2) is 6.43 Å². The SMILES string of the molecule is Cc1ccc([C@H](N)CC(F)F)cc1C. The highest BCUT2D eigenvalue weighted by Crippen LogP contribution is 2.20. The van der Waals surface area contributed by atoms with Crippen molar-refractivity contribution in [3.8, 4) is 0 Å². The van der Waals surface area contributed by atoms with E-state index in [0.717, 1.165) is 16.7 Å². The molecular weight excluding hydrogens is 184 g/mol. The second kappa shape index (κ2) is 4.51. The number of nitrogens with two attached hydrogens (primary N) is 1. The second-order valence-electron chi connectivity index (χ2n) is 3.58. The van der Waals surface area contributed by atoms with Gasteiger partial charge in [0.25, 0.3) is 0 Å². The maximum absolute atomic E-state index is 12.1. The van der Waals surface area contributed by atoms with Gasteiger partial charge in [-0.2, -0.15) is 0 Å². The van der Waals surface area contributed by atoms with Crippen LogP contribution in [0, 0.1) is 13.8 Å². The molecule has 0 aliphatic rings. The first-order valence-electron chi connectivity index (χ1n) is 4.61. The Balaban J connectivity index is 2.80. The van der Waals surface area contributed by atoms with Crippen molar-refractivity contribution in [3.05, 3.63) is 34.9 Å². The van der Waals surface area contributed by atoms with Crippen LogP contribution in [0.1, 0.15) is 29.2 Å². The van der Waals surface area contributed by atoms with Crippen molar-refractivity contribution in [1.29, 1.82) is 0 Å². The molecule has 0 aliphatic heterocycles. The summed E-state index contributed by atoms with van der Waals surface area (Å²) >= 11 is 0. The fourth-order valence-corrected chi connectivity index (χ4v) is 1.32. The largest absolute Gasteiger partial charge is 0.324 e. The molecule has 3 heteroatoms. The molecule has 14 heavy (non-hydrogen) atoms. The Hall–Kier alpha value is -0.960. The van der Waals surface area contributed by atoms with E-state index < -0.39 is 12.5 Å². The predicted molar refractivity (Wildman–Crippen MR) is 53.5 cm³/mol. The van der Waals surface area contributed by atoms with Gasteiger partial charge in [0.1, 0.15) is 0 Å². The zero-order chi connectivity index (χ0) is 10.7. The van der Waals surface area contributed by atoms with E-state index in [4.69, 9.17) is 5.73 Å². The molecule has 0 amide bonds. The summed E-state index contributed by atoms with van der Waals surface area (Å²) in [6.07, 6.45) is -2.62. The molecule has 1 rings (SSSR count). The highest BCUT2D eigenvalue weighted by molar-refractivity contribution is 5.31. The minimum absolute atomic E-state index is 0.275. The van der Waals surface area contributed by atoms with Crippen molar-refractivity contribution < 1.29 is 8.78 Å². The van der Waals surface area contributed by atoms with Crippen LogP contribution < -0.4 is 5.73 Å². The number of halogens is 2. The molecule has 1 aromatic rings. The van der Waals surface area contributed by atoms with Gasteiger partial charge < -0.3 is 5.73 Å². The summed E-state index contributed by atoms with van der Waals surface area (Å²) in [4.78, 5) is 0. The summed E-state index contributed by atoms with van der Waals surface area (Å²) in [6.45, 7) is 3.94. The predicted octanol–water partition coefficient (Wildman–Crippen LogP) is 2.96. The van der Waals surface area contributed by atoms with E-state index in [2.05, 4.69) is 0 Å². The summed E-state index contributed by atoms with van der Waals surface area (Å²) in [5, 5.41) is 0. The standard InChI is InChI=1S/C11H15F2N/c1-7-3-4-9(5-8(7)2)10(14)6-11(12)13/h3-5,10-11H,6,14H2,1-2H3/t10-/m1/s1. The van der Waals surface area contributed by atoms with Gasteiger partial charge in [0.15, 0.2) is 0 Å². The molecule has 0 heterocycles.